The lowest BCUT2D eigenvalue weighted by Crippen LogP contribution is -2.51. The molecule has 3 amide bonds. The van der Waals surface area contributed by atoms with Gasteiger partial charge in [-0.2, -0.15) is 4.98 Å². The zero-order chi connectivity index (χ0) is 25.4. The number of aliphatic hydroxyl groups excluding tert-OH is 1. The Hall–Kier alpha value is -3.61. The van der Waals surface area contributed by atoms with Crippen LogP contribution in [0.25, 0.3) is 0 Å². The number of carbonyl (C=O) groups excluding carboxylic acids is 3. The summed E-state index contributed by atoms with van der Waals surface area (Å²) in [5.74, 6) is -0.953. The first kappa shape index (κ1) is 26.0. The summed E-state index contributed by atoms with van der Waals surface area (Å²) < 4.78 is 1.41. The lowest BCUT2D eigenvalue weighted by atomic mass is 10.0. The quantitative estimate of drug-likeness (QED) is 0.241. The Morgan fingerprint density at radius 1 is 1.23 bits per heavy atom. The molecule has 1 fully saturated rings. The normalized spacial score (nSPS) is 16.8. The molecule has 2 unspecified atom stereocenters. The van der Waals surface area contributed by atoms with Crippen molar-refractivity contribution in [2.45, 2.75) is 44.3 Å². The van der Waals surface area contributed by atoms with Crippen molar-refractivity contribution in [1.82, 2.24) is 20.2 Å². The van der Waals surface area contributed by atoms with Crippen LogP contribution in [0.2, 0.25) is 0 Å². The Bertz CT molecular complexity index is 1110. The summed E-state index contributed by atoms with van der Waals surface area (Å²) in [5.41, 5.74) is 4.44. The number of benzene rings is 1. The van der Waals surface area contributed by atoms with Crippen molar-refractivity contribution >= 4 is 29.2 Å². The number of carbonyl (C=O) groups is 3. The number of amides is 3. The number of nitrogens with one attached hydrogen (secondary N) is 4. The van der Waals surface area contributed by atoms with Crippen LogP contribution in [0.15, 0.2) is 41.3 Å². The third kappa shape index (κ3) is 7.18. The maximum absolute atomic E-state index is 12.5. The summed E-state index contributed by atoms with van der Waals surface area (Å²) in [6, 6.07) is 7.42. The maximum atomic E-state index is 12.5. The van der Waals surface area contributed by atoms with Crippen molar-refractivity contribution in [3.8, 4) is 0 Å². The van der Waals surface area contributed by atoms with Gasteiger partial charge in [-0.15, -0.1) is 0 Å². The highest BCUT2D eigenvalue weighted by molar-refractivity contribution is 6.04. The molecule has 1 aromatic carbocycles. The Morgan fingerprint density at radius 2 is 1.97 bits per heavy atom. The predicted molar refractivity (Wildman–Crippen MR) is 130 cm³/mol. The first-order valence-electron chi connectivity index (χ1n) is 11.4. The number of nitrogens with zero attached hydrogens (tertiary/aromatic N) is 2. The summed E-state index contributed by atoms with van der Waals surface area (Å²) in [7, 11) is 0. The van der Waals surface area contributed by atoms with Crippen LogP contribution in [0.4, 0.5) is 11.5 Å². The summed E-state index contributed by atoms with van der Waals surface area (Å²) in [6.07, 6.45) is 3.93. The number of rotatable bonds is 10. The SMILES string of the molecule is CC(N)(CO)C(=O)Nc1ccc(C(=O)Nc2ccn(CCCNC(=O)C3CCCN3)c(=O)n2)cc1. The molecule has 12 nitrogen and oxygen atoms in total. The second-order valence-corrected chi connectivity index (χ2v) is 8.64. The molecular weight excluding hydrogens is 454 g/mol. The zero-order valence-electron chi connectivity index (χ0n) is 19.5. The number of aryl methyl sites for hydroxylation is 1. The molecular formula is C23H31N7O5. The first-order chi connectivity index (χ1) is 16.7. The van der Waals surface area contributed by atoms with Gasteiger partial charge in [-0.1, -0.05) is 0 Å². The highest BCUT2D eigenvalue weighted by Gasteiger charge is 2.27. The van der Waals surface area contributed by atoms with Crippen molar-refractivity contribution in [2.24, 2.45) is 5.73 Å². The molecule has 188 valence electrons. The van der Waals surface area contributed by atoms with E-state index in [4.69, 9.17) is 10.8 Å². The van der Waals surface area contributed by atoms with Crippen molar-refractivity contribution in [3.05, 3.63) is 52.6 Å². The molecule has 0 aliphatic carbocycles. The summed E-state index contributed by atoms with van der Waals surface area (Å²) in [5, 5.41) is 20.3. The maximum Gasteiger partial charge on any atom is 0.349 e. The standard InChI is InChI=1S/C23H31N7O5/c1-23(24,14-31)21(34)27-16-7-5-15(6-8-16)19(32)28-18-9-13-30(22(35)29-18)12-3-11-26-20(33)17-4-2-10-25-17/h5-9,13,17,25,31H,2-4,10-12,14,24H2,1H3,(H,26,33)(H,27,34)(H,28,29,32,35). The fourth-order valence-corrected chi connectivity index (χ4v) is 3.40. The van der Waals surface area contributed by atoms with Crippen molar-refractivity contribution < 1.29 is 19.5 Å². The number of hydrogen-bond donors (Lipinski definition) is 6. The minimum Gasteiger partial charge on any atom is -0.394 e. The van der Waals surface area contributed by atoms with Gasteiger partial charge in [-0.3, -0.25) is 19.0 Å². The molecule has 1 aliphatic heterocycles. The molecule has 0 spiro atoms. The van der Waals surface area contributed by atoms with Crippen molar-refractivity contribution in [2.75, 3.05) is 30.3 Å². The van der Waals surface area contributed by atoms with Gasteiger partial charge in [0, 0.05) is 30.5 Å². The third-order valence-corrected chi connectivity index (χ3v) is 5.62. The summed E-state index contributed by atoms with van der Waals surface area (Å²) in [4.78, 5) is 52.7. The average Bonchev–Trinajstić information content (AvgIpc) is 3.38. The molecule has 2 heterocycles. The number of anilines is 2. The number of nitrogens with two attached hydrogens (primary N) is 1. The fraction of sp³-hybridized carbons (Fsp3) is 0.435. The van der Waals surface area contributed by atoms with Crippen LogP contribution in [0.3, 0.4) is 0 Å². The topological polar surface area (TPSA) is 180 Å². The van der Waals surface area contributed by atoms with Crippen molar-refractivity contribution in [3.63, 3.8) is 0 Å². The van der Waals surface area contributed by atoms with E-state index in [2.05, 4.69) is 26.3 Å². The molecule has 1 aromatic heterocycles. The molecule has 3 rings (SSSR count). The van der Waals surface area contributed by atoms with E-state index in [-0.39, 0.29) is 17.8 Å². The van der Waals surface area contributed by atoms with Crippen LogP contribution in [0.1, 0.15) is 36.5 Å². The Kier molecular flexibility index (Phi) is 8.68. The number of aliphatic hydroxyl groups is 1. The number of hydrogen-bond acceptors (Lipinski definition) is 8. The van der Waals surface area contributed by atoms with Gasteiger partial charge < -0.3 is 32.1 Å². The molecule has 2 aromatic rings. The monoisotopic (exact) mass is 485 g/mol. The highest BCUT2D eigenvalue weighted by Crippen LogP contribution is 2.13. The zero-order valence-corrected chi connectivity index (χ0v) is 19.5. The second-order valence-electron chi connectivity index (χ2n) is 8.64. The third-order valence-electron chi connectivity index (χ3n) is 5.62. The van der Waals surface area contributed by atoms with Crippen LogP contribution in [0, 0.1) is 0 Å². The van der Waals surface area contributed by atoms with Gasteiger partial charge in [0.25, 0.3) is 5.91 Å². The van der Waals surface area contributed by atoms with Gasteiger partial charge in [0.05, 0.1) is 12.6 Å². The van der Waals surface area contributed by atoms with E-state index in [1.54, 1.807) is 0 Å². The first-order valence-corrected chi connectivity index (χ1v) is 11.4. The molecule has 0 bridgehead atoms. The van der Waals surface area contributed by atoms with E-state index < -0.39 is 29.6 Å². The minimum absolute atomic E-state index is 0.0236. The molecule has 0 saturated carbocycles. The lowest BCUT2D eigenvalue weighted by Gasteiger charge is -2.20. The molecule has 35 heavy (non-hydrogen) atoms. The van der Waals surface area contributed by atoms with E-state index >= 15 is 0 Å². The van der Waals surface area contributed by atoms with Crippen LogP contribution >= 0.6 is 0 Å². The number of aromatic nitrogens is 2. The second kappa shape index (κ2) is 11.7. The van der Waals surface area contributed by atoms with E-state index in [1.807, 2.05) is 0 Å². The molecule has 12 heteroatoms. The average molecular weight is 486 g/mol. The molecule has 7 N–H and O–H groups in total. The Labute approximate surface area is 202 Å². The largest absolute Gasteiger partial charge is 0.394 e. The minimum atomic E-state index is -1.43. The Balaban J connectivity index is 1.48. The lowest BCUT2D eigenvalue weighted by molar-refractivity contribution is -0.123. The fourth-order valence-electron chi connectivity index (χ4n) is 3.40. The Morgan fingerprint density at radius 3 is 2.60 bits per heavy atom. The van der Waals surface area contributed by atoms with Gasteiger partial charge in [0.15, 0.2) is 0 Å². The van der Waals surface area contributed by atoms with E-state index in [0.29, 0.717) is 30.8 Å². The summed E-state index contributed by atoms with van der Waals surface area (Å²) in [6.45, 7) is 2.57. The van der Waals surface area contributed by atoms with E-state index in [1.165, 1.54) is 48.0 Å². The van der Waals surface area contributed by atoms with Gasteiger partial charge in [0.1, 0.15) is 11.4 Å². The summed E-state index contributed by atoms with van der Waals surface area (Å²) >= 11 is 0. The van der Waals surface area contributed by atoms with Crippen LogP contribution in [-0.2, 0) is 16.1 Å². The molecule has 0 radical (unpaired) electrons. The molecule has 1 saturated heterocycles. The van der Waals surface area contributed by atoms with Crippen molar-refractivity contribution in [1.29, 1.82) is 0 Å². The highest BCUT2D eigenvalue weighted by atomic mass is 16.3. The van der Waals surface area contributed by atoms with Crippen LogP contribution < -0.4 is 32.7 Å². The van der Waals surface area contributed by atoms with Gasteiger partial charge in [0.2, 0.25) is 11.8 Å². The molecule has 2 atom stereocenters. The van der Waals surface area contributed by atoms with E-state index in [0.717, 1.165) is 19.4 Å². The van der Waals surface area contributed by atoms with Gasteiger partial charge in [-0.05, 0) is 63.1 Å². The predicted octanol–water partition coefficient (Wildman–Crippen LogP) is -0.598. The smallest absolute Gasteiger partial charge is 0.349 e. The van der Waals surface area contributed by atoms with Crippen LogP contribution in [0.5, 0.6) is 0 Å². The van der Waals surface area contributed by atoms with Gasteiger partial charge >= 0.3 is 5.69 Å². The van der Waals surface area contributed by atoms with Crippen LogP contribution in [-0.4, -0.2) is 63.7 Å². The van der Waals surface area contributed by atoms with Gasteiger partial charge in [-0.25, -0.2) is 4.79 Å². The van der Waals surface area contributed by atoms with E-state index in [9.17, 15) is 19.2 Å². The molecule has 1 aliphatic rings.